The molecule has 4 rings (SSSR count). The van der Waals surface area contributed by atoms with Gasteiger partial charge in [0.1, 0.15) is 0 Å². The summed E-state index contributed by atoms with van der Waals surface area (Å²) in [6, 6.07) is 18.1. The minimum Gasteiger partial charge on any atom is -0.432 e. The van der Waals surface area contributed by atoms with Crippen molar-refractivity contribution >= 4 is 25.8 Å². The normalized spacial score (nSPS) is 23.7. The van der Waals surface area contributed by atoms with Crippen LogP contribution in [0.25, 0.3) is 0 Å². The molecule has 8 heteroatoms. The van der Waals surface area contributed by atoms with Gasteiger partial charge in [-0.05, 0) is 68.0 Å². The molecular formula is C33H48N2O5Si. The third-order valence-corrected chi connectivity index (χ3v) is 11.4. The summed E-state index contributed by atoms with van der Waals surface area (Å²) in [4.78, 5) is 40.9. The van der Waals surface area contributed by atoms with Crippen molar-refractivity contribution in [2.45, 2.75) is 95.7 Å². The molecule has 7 nitrogen and oxygen atoms in total. The number of aliphatic hydroxyl groups is 1. The first-order valence-corrected chi connectivity index (χ1v) is 18.4. The van der Waals surface area contributed by atoms with Crippen LogP contribution in [0.1, 0.15) is 63.0 Å². The van der Waals surface area contributed by atoms with E-state index in [9.17, 15) is 19.5 Å². The van der Waals surface area contributed by atoms with Gasteiger partial charge < -0.3 is 24.4 Å². The Morgan fingerprint density at radius 1 is 1.00 bits per heavy atom. The molecule has 2 saturated heterocycles. The van der Waals surface area contributed by atoms with Crippen molar-refractivity contribution in [2.24, 2.45) is 5.92 Å². The van der Waals surface area contributed by atoms with Crippen molar-refractivity contribution in [3.8, 4) is 0 Å². The number of aryl methyl sites for hydroxylation is 1. The molecule has 2 aliphatic rings. The molecule has 0 radical (unpaired) electrons. The summed E-state index contributed by atoms with van der Waals surface area (Å²) in [6.45, 7) is 7.43. The molecule has 41 heavy (non-hydrogen) atoms. The fourth-order valence-corrected chi connectivity index (χ4v) is 9.32. The van der Waals surface area contributed by atoms with Crippen LogP contribution in [0.2, 0.25) is 18.6 Å². The number of benzene rings is 2. The largest absolute Gasteiger partial charge is 0.432 e. The van der Waals surface area contributed by atoms with Gasteiger partial charge in [-0.1, -0.05) is 62.2 Å². The van der Waals surface area contributed by atoms with Crippen LogP contribution in [-0.4, -0.2) is 66.8 Å². The van der Waals surface area contributed by atoms with Crippen LogP contribution in [0, 0.1) is 5.92 Å². The Morgan fingerprint density at radius 2 is 1.71 bits per heavy atom. The highest BCUT2D eigenvalue weighted by molar-refractivity contribution is 6.71. The van der Waals surface area contributed by atoms with Gasteiger partial charge in [0, 0.05) is 37.3 Å². The predicted octanol–water partition coefficient (Wildman–Crippen LogP) is 5.30. The SMILES string of the molecule is C[C@@H]1[C@@H]([Si](C)(C)O)[C@H](CC(=O)N(CCO)Cc2ccccc2)O[C@@H]1CCc1ccc(N2CCCCCCC2=O)cc1. The molecule has 4 atom stereocenters. The van der Waals surface area contributed by atoms with Gasteiger partial charge in [0.15, 0.2) is 8.32 Å². The minimum absolute atomic E-state index is 0.0484. The standard InChI is InChI=1S/C33H48N2O5Si/c1-25-29(19-16-26-14-17-28(18-15-26)35-20-10-5-4-9-13-31(35)37)40-30(33(25)41(2,3)39)23-32(38)34(21-22-36)24-27-11-7-6-8-12-27/h6-8,11-12,14-15,17-18,25,29-30,33,36,39H,4-5,9-10,13,16,19-24H2,1-3H3/t25-,29+,30-,33+/m0/s1. The van der Waals surface area contributed by atoms with Gasteiger partial charge in [0.05, 0.1) is 25.2 Å². The first kappa shape index (κ1) is 31.4. The van der Waals surface area contributed by atoms with E-state index in [0.717, 1.165) is 49.9 Å². The molecule has 0 aliphatic carbocycles. The molecule has 0 spiro atoms. The zero-order valence-electron chi connectivity index (χ0n) is 25.0. The van der Waals surface area contributed by atoms with Crippen molar-refractivity contribution in [1.29, 1.82) is 0 Å². The topological polar surface area (TPSA) is 90.3 Å². The second-order valence-corrected chi connectivity index (χ2v) is 16.4. The molecule has 0 unspecified atom stereocenters. The van der Waals surface area contributed by atoms with E-state index in [2.05, 4.69) is 31.2 Å². The number of carbonyl (C=O) groups is 2. The summed E-state index contributed by atoms with van der Waals surface area (Å²) in [5, 5.41) is 9.62. The number of aliphatic hydroxyl groups excluding tert-OH is 1. The van der Waals surface area contributed by atoms with Crippen molar-refractivity contribution in [3.05, 3.63) is 65.7 Å². The monoisotopic (exact) mass is 580 g/mol. The number of hydrogen-bond acceptors (Lipinski definition) is 5. The second-order valence-electron chi connectivity index (χ2n) is 12.4. The van der Waals surface area contributed by atoms with Crippen LogP contribution >= 0.6 is 0 Å². The van der Waals surface area contributed by atoms with Crippen LogP contribution in [-0.2, 0) is 27.3 Å². The van der Waals surface area contributed by atoms with Gasteiger partial charge in [-0.3, -0.25) is 9.59 Å². The lowest BCUT2D eigenvalue weighted by molar-refractivity contribution is -0.135. The average molecular weight is 581 g/mol. The van der Waals surface area contributed by atoms with Gasteiger partial charge >= 0.3 is 0 Å². The zero-order chi connectivity index (χ0) is 29.4. The number of amides is 2. The maximum Gasteiger partial charge on any atom is 0.226 e. The fraction of sp³-hybridized carbons (Fsp3) is 0.576. The molecule has 224 valence electrons. The summed E-state index contributed by atoms with van der Waals surface area (Å²) < 4.78 is 6.55. The van der Waals surface area contributed by atoms with Gasteiger partial charge in [-0.25, -0.2) is 0 Å². The summed E-state index contributed by atoms with van der Waals surface area (Å²) in [5.41, 5.74) is 3.13. The molecule has 2 amide bonds. The number of ether oxygens (including phenoxy) is 1. The molecule has 0 aromatic heterocycles. The van der Waals surface area contributed by atoms with Crippen molar-refractivity contribution in [3.63, 3.8) is 0 Å². The van der Waals surface area contributed by atoms with E-state index in [1.807, 2.05) is 48.3 Å². The fourth-order valence-electron chi connectivity index (χ4n) is 6.71. The minimum atomic E-state index is -2.62. The Hall–Kier alpha value is -2.52. The summed E-state index contributed by atoms with van der Waals surface area (Å²) >= 11 is 0. The van der Waals surface area contributed by atoms with E-state index in [0.29, 0.717) is 13.0 Å². The molecule has 2 aliphatic heterocycles. The first-order valence-electron chi connectivity index (χ1n) is 15.4. The summed E-state index contributed by atoms with van der Waals surface area (Å²) in [5.74, 6) is 0.297. The Labute approximate surface area is 246 Å². The second kappa shape index (κ2) is 14.6. The smallest absolute Gasteiger partial charge is 0.226 e. The Kier molecular flexibility index (Phi) is 11.2. The number of nitrogens with zero attached hydrogens (tertiary/aromatic N) is 2. The van der Waals surface area contributed by atoms with E-state index < -0.39 is 8.32 Å². The molecule has 0 saturated carbocycles. The lowest BCUT2D eigenvalue weighted by Gasteiger charge is -2.31. The average Bonchev–Trinajstić information content (AvgIpc) is 3.25. The lowest BCUT2D eigenvalue weighted by Crippen LogP contribution is -2.42. The zero-order valence-corrected chi connectivity index (χ0v) is 26.0. The van der Waals surface area contributed by atoms with Crippen molar-refractivity contribution in [2.75, 3.05) is 24.6 Å². The van der Waals surface area contributed by atoms with Crippen LogP contribution in [0.5, 0.6) is 0 Å². The van der Waals surface area contributed by atoms with Crippen molar-refractivity contribution in [1.82, 2.24) is 4.90 Å². The Balaban J connectivity index is 1.39. The van der Waals surface area contributed by atoms with Gasteiger partial charge in [0.2, 0.25) is 11.8 Å². The number of anilines is 1. The first-order chi connectivity index (χ1) is 19.7. The van der Waals surface area contributed by atoms with Crippen LogP contribution < -0.4 is 4.90 Å². The van der Waals surface area contributed by atoms with Gasteiger partial charge in [-0.15, -0.1) is 0 Å². The van der Waals surface area contributed by atoms with E-state index in [1.54, 1.807) is 4.90 Å². The lowest BCUT2D eigenvalue weighted by atomic mass is 9.95. The van der Waals surface area contributed by atoms with E-state index in [1.165, 1.54) is 12.0 Å². The summed E-state index contributed by atoms with van der Waals surface area (Å²) in [7, 11) is -2.62. The van der Waals surface area contributed by atoms with E-state index in [-0.39, 0.29) is 55.1 Å². The molecule has 2 N–H and O–H groups in total. The van der Waals surface area contributed by atoms with Crippen LogP contribution in [0.4, 0.5) is 5.69 Å². The Bertz CT molecular complexity index is 1120. The number of carbonyl (C=O) groups excluding carboxylic acids is 2. The molecular weight excluding hydrogens is 532 g/mol. The molecule has 2 aromatic carbocycles. The van der Waals surface area contributed by atoms with Gasteiger partial charge in [-0.2, -0.15) is 0 Å². The Morgan fingerprint density at radius 3 is 2.39 bits per heavy atom. The molecule has 2 aromatic rings. The van der Waals surface area contributed by atoms with Crippen molar-refractivity contribution < 1.29 is 24.2 Å². The third-order valence-electron chi connectivity index (χ3n) is 8.82. The number of hydrogen-bond donors (Lipinski definition) is 2. The highest BCUT2D eigenvalue weighted by Crippen LogP contribution is 2.45. The van der Waals surface area contributed by atoms with Crippen LogP contribution in [0.3, 0.4) is 0 Å². The maximum absolute atomic E-state index is 13.4. The van der Waals surface area contributed by atoms with E-state index >= 15 is 0 Å². The van der Waals surface area contributed by atoms with Crippen LogP contribution in [0.15, 0.2) is 54.6 Å². The predicted molar refractivity (Wildman–Crippen MR) is 165 cm³/mol. The van der Waals surface area contributed by atoms with Gasteiger partial charge in [0.25, 0.3) is 0 Å². The van der Waals surface area contributed by atoms with E-state index in [4.69, 9.17) is 4.74 Å². The maximum atomic E-state index is 13.4. The molecule has 0 bridgehead atoms. The summed E-state index contributed by atoms with van der Waals surface area (Å²) in [6.07, 6.45) is 6.40. The quantitative estimate of drug-likeness (QED) is 0.352. The highest BCUT2D eigenvalue weighted by atomic mass is 28.4. The molecule has 2 heterocycles. The highest BCUT2D eigenvalue weighted by Gasteiger charge is 2.50. The molecule has 2 fully saturated rings. The third kappa shape index (κ3) is 8.50. The number of rotatable bonds is 11.